The summed E-state index contributed by atoms with van der Waals surface area (Å²) < 4.78 is 7.34. The van der Waals surface area contributed by atoms with Gasteiger partial charge in [-0.2, -0.15) is 0 Å². The first kappa shape index (κ1) is 12.3. The fraction of sp³-hybridized carbons (Fsp3) is 0.200. The molecule has 0 fully saturated rings. The lowest BCUT2D eigenvalue weighted by molar-refractivity contribution is 0.0968. The second-order valence-electron chi connectivity index (χ2n) is 2.60. The van der Waals surface area contributed by atoms with E-state index in [1.165, 1.54) is 0 Å². The Morgan fingerprint density at radius 2 is 2.00 bits per heavy atom. The minimum absolute atomic E-state index is 0.291. The molecule has 0 aliphatic rings. The van der Waals surface area contributed by atoms with Gasteiger partial charge in [0.05, 0.1) is 3.57 Å². The van der Waals surface area contributed by atoms with Crippen LogP contribution in [0.15, 0.2) is 24.8 Å². The highest BCUT2D eigenvalue weighted by atomic mass is 127. The Balaban J connectivity index is 3.18. The molecule has 0 spiro atoms. The van der Waals surface area contributed by atoms with Crippen LogP contribution in [0.5, 0.6) is 5.75 Å². The lowest BCUT2D eigenvalue weighted by atomic mass is 10.1. The molecule has 0 saturated heterocycles. The number of allylic oxidation sites excluding steroid dienone is 1. The van der Waals surface area contributed by atoms with Crippen molar-refractivity contribution in [2.75, 3.05) is 6.79 Å². The lowest BCUT2D eigenvalue weighted by Gasteiger charge is -2.12. The SMILES string of the molecule is C=CCc1c(I)ccc(I)c1OCO. The molecule has 0 aliphatic carbocycles. The fourth-order valence-electron chi connectivity index (χ4n) is 1.13. The van der Waals surface area contributed by atoms with Gasteiger partial charge < -0.3 is 9.84 Å². The maximum absolute atomic E-state index is 8.77. The summed E-state index contributed by atoms with van der Waals surface area (Å²) >= 11 is 4.44. The van der Waals surface area contributed by atoms with Crippen molar-refractivity contribution in [2.45, 2.75) is 6.42 Å². The molecule has 0 saturated carbocycles. The summed E-state index contributed by atoms with van der Waals surface area (Å²) in [6, 6.07) is 4.01. The van der Waals surface area contributed by atoms with Gasteiger partial charge in [-0.15, -0.1) is 6.58 Å². The Kier molecular flexibility index (Phi) is 5.18. The highest BCUT2D eigenvalue weighted by molar-refractivity contribution is 14.1. The summed E-state index contributed by atoms with van der Waals surface area (Å²) in [5, 5.41) is 8.77. The molecule has 0 bridgehead atoms. The van der Waals surface area contributed by atoms with Gasteiger partial charge in [-0.05, 0) is 63.7 Å². The third-order valence-electron chi connectivity index (χ3n) is 1.71. The zero-order chi connectivity index (χ0) is 10.6. The van der Waals surface area contributed by atoms with Gasteiger partial charge >= 0.3 is 0 Å². The number of hydrogen-bond donors (Lipinski definition) is 1. The van der Waals surface area contributed by atoms with Gasteiger partial charge in [0.2, 0.25) is 0 Å². The molecule has 4 heteroatoms. The molecule has 0 atom stereocenters. The standard InChI is InChI=1S/C10H10I2O2/c1-2-3-7-8(11)4-5-9(12)10(7)14-6-13/h2,4-5,13H,1,3,6H2. The van der Waals surface area contributed by atoms with Crippen LogP contribution in [0.4, 0.5) is 0 Å². The van der Waals surface area contributed by atoms with Gasteiger partial charge in [0.1, 0.15) is 5.75 Å². The number of aliphatic hydroxyl groups excluding tert-OH is 1. The zero-order valence-electron chi connectivity index (χ0n) is 7.46. The third-order valence-corrected chi connectivity index (χ3v) is 3.57. The van der Waals surface area contributed by atoms with Crippen LogP contribution in [0.3, 0.4) is 0 Å². The molecule has 1 aromatic carbocycles. The fourth-order valence-corrected chi connectivity index (χ4v) is 2.44. The van der Waals surface area contributed by atoms with E-state index in [4.69, 9.17) is 9.84 Å². The Morgan fingerprint density at radius 1 is 1.36 bits per heavy atom. The van der Waals surface area contributed by atoms with Crippen LogP contribution in [0.25, 0.3) is 0 Å². The molecule has 0 aliphatic heterocycles. The van der Waals surface area contributed by atoms with E-state index in [0.717, 1.165) is 24.9 Å². The first-order valence-electron chi connectivity index (χ1n) is 4.02. The normalized spacial score (nSPS) is 9.93. The summed E-state index contributed by atoms with van der Waals surface area (Å²) in [6.45, 7) is 3.41. The molecule has 14 heavy (non-hydrogen) atoms. The maximum atomic E-state index is 8.77. The van der Waals surface area contributed by atoms with Crippen molar-refractivity contribution in [3.05, 3.63) is 37.5 Å². The average Bonchev–Trinajstić information content (AvgIpc) is 2.17. The monoisotopic (exact) mass is 416 g/mol. The van der Waals surface area contributed by atoms with Gasteiger partial charge in [0.15, 0.2) is 6.79 Å². The van der Waals surface area contributed by atoms with E-state index in [-0.39, 0.29) is 6.79 Å². The first-order valence-corrected chi connectivity index (χ1v) is 6.18. The number of aliphatic hydroxyl groups is 1. The molecule has 0 unspecified atom stereocenters. The molecule has 0 amide bonds. The van der Waals surface area contributed by atoms with Crippen LogP contribution in [-0.2, 0) is 6.42 Å². The van der Waals surface area contributed by atoms with E-state index in [2.05, 4.69) is 51.8 Å². The molecule has 0 radical (unpaired) electrons. The summed E-state index contributed by atoms with van der Waals surface area (Å²) in [4.78, 5) is 0. The van der Waals surface area contributed by atoms with E-state index in [1.54, 1.807) is 0 Å². The predicted octanol–water partition coefficient (Wildman–Crippen LogP) is 2.95. The first-order chi connectivity index (χ1) is 6.70. The van der Waals surface area contributed by atoms with Gasteiger partial charge in [-0.3, -0.25) is 0 Å². The number of rotatable bonds is 4. The maximum Gasteiger partial charge on any atom is 0.186 e. The molecular formula is C10H10I2O2. The number of halogens is 2. The summed E-state index contributed by atoms with van der Waals surface area (Å²) in [5.41, 5.74) is 1.08. The van der Waals surface area contributed by atoms with Gasteiger partial charge in [0.25, 0.3) is 0 Å². The van der Waals surface area contributed by atoms with Crippen molar-refractivity contribution in [3.8, 4) is 5.75 Å². The van der Waals surface area contributed by atoms with Crippen LogP contribution in [0, 0.1) is 7.14 Å². The number of benzene rings is 1. The Hall–Kier alpha value is 0.180. The van der Waals surface area contributed by atoms with Crippen LogP contribution < -0.4 is 4.74 Å². The summed E-state index contributed by atoms with van der Waals surface area (Å²) in [6.07, 6.45) is 2.59. The highest BCUT2D eigenvalue weighted by Gasteiger charge is 2.10. The van der Waals surface area contributed by atoms with Gasteiger partial charge in [-0.1, -0.05) is 6.08 Å². The van der Waals surface area contributed by atoms with Crippen molar-refractivity contribution >= 4 is 45.2 Å². The zero-order valence-corrected chi connectivity index (χ0v) is 11.8. The smallest absolute Gasteiger partial charge is 0.186 e. The molecule has 2 nitrogen and oxygen atoms in total. The molecule has 0 heterocycles. The predicted molar refractivity (Wildman–Crippen MR) is 73.5 cm³/mol. The highest BCUT2D eigenvalue weighted by Crippen LogP contribution is 2.30. The number of ether oxygens (including phenoxy) is 1. The Bertz CT molecular complexity index is 337. The molecule has 1 aromatic rings. The topological polar surface area (TPSA) is 29.5 Å². The average molecular weight is 416 g/mol. The van der Waals surface area contributed by atoms with Crippen molar-refractivity contribution < 1.29 is 9.84 Å². The molecule has 76 valence electrons. The minimum atomic E-state index is -0.291. The quantitative estimate of drug-likeness (QED) is 0.465. The largest absolute Gasteiger partial charge is 0.466 e. The summed E-state index contributed by atoms with van der Waals surface area (Å²) in [7, 11) is 0. The second kappa shape index (κ2) is 5.92. The van der Waals surface area contributed by atoms with Crippen molar-refractivity contribution in [1.82, 2.24) is 0 Å². The minimum Gasteiger partial charge on any atom is -0.466 e. The van der Waals surface area contributed by atoms with E-state index in [9.17, 15) is 0 Å². The molecule has 1 rings (SSSR count). The number of hydrogen-bond acceptors (Lipinski definition) is 2. The lowest BCUT2D eigenvalue weighted by Crippen LogP contribution is -2.02. The van der Waals surface area contributed by atoms with Gasteiger partial charge in [-0.25, -0.2) is 0 Å². The van der Waals surface area contributed by atoms with E-state index in [1.807, 2.05) is 18.2 Å². The van der Waals surface area contributed by atoms with E-state index in [0.29, 0.717) is 0 Å². The molecule has 1 N–H and O–H groups in total. The Labute approximate surface area is 111 Å². The Morgan fingerprint density at radius 3 is 2.57 bits per heavy atom. The van der Waals surface area contributed by atoms with E-state index >= 15 is 0 Å². The van der Waals surface area contributed by atoms with E-state index < -0.39 is 0 Å². The summed E-state index contributed by atoms with van der Waals surface area (Å²) in [5.74, 6) is 0.764. The van der Waals surface area contributed by atoms with Crippen molar-refractivity contribution in [3.63, 3.8) is 0 Å². The van der Waals surface area contributed by atoms with Crippen LogP contribution >= 0.6 is 45.2 Å². The van der Waals surface area contributed by atoms with Crippen molar-refractivity contribution in [2.24, 2.45) is 0 Å². The van der Waals surface area contributed by atoms with Gasteiger partial charge in [0, 0.05) is 9.13 Å². The second-order valence-corrected chi connectivity index (χ2v) is 4.93. The third kappa shape index (κ3) is 2.83. The molecule has 0 aromatic heterocycles. The van der Waals surface area contributed by atoms with Crippen molar-refractivity contribution in [1.29, 1.82) is 0 Å². The molecular weight excluding hydrogens is 406 g/mol. The van der Waals surface area contributed by atoms with Crippen LogP contribution in [0.2, 0.25) is 0 Å². The van der Waals surface area contributed by atoms with Crippen LogP contribution in [-0.4, -0.2) is 11.9 Å². The van der Waals surface area contributed by atoms with Crippen LogP contribution in [0.1, 0.15) is 5.56 Å².